The first-order chi connectivity index (χ1) is 6.86. The number of rotatable bonds is 1. The van der Waals surface area contributed by atoms with Gasteiger partial charge in [-0.3, -0.25) is 0 Å². The van der Waals surface area contributed by atoms with Gasteiger partial charge in [-0.2, -0.15) is 13.2 Å². The van der Waals surface area contributed by atoms with Crippen LogP contribution in [0.2, 0.25) is 0 Å². The lowest BCUT2D eigenvalue weighted by Gasteiger charge is -2.28. The SMILES string of the molecule is C/C=C/C1=C(C(F)(F)F)CN(C)C(C)=C1. The van der Waals surface area contributed by atoms with Crippen molar-refractivity contribution in [2.24, 2.45) is 0 Å². The van der Waals surface area contributed by atoms with Gasteiger partial charge in [-0.1, -0.05) is 12.2 Å². The van der Waals surface area contributed by atoms with Crippen molar-refractivity contribution in [2.45, 2.75) is 20.0 Å². The summed E-state index contributed by atoms with van der Waals surface area (Å²) in [4.78, 5) is 1.59. The number of allylic oxidation sites excluding steroid dienone is 5. The Morgan fingerprint density at radius 3 is 2.47 bits per heavy atom. The highest BCUT2D eigenvalue weighted by Crippen LogP contribution is 2.33. The predicted molar refractivity (Wildman–Crippen MR) is 54.3 cm³/mol. The Bertz CT molecular complexity index is 334. The molecule has 0 saturated carbocycles. The van der Waals surface area contributed by atoms with Crippen LogP contribution in [-0.2, 0) is 0 Å². The zero-order valence-electron chi connectivity index (χ0n) is 9.02. The first-order valence-electron chi connectivity index (χ1n) is 4.68. The van der Waals surface area contributed by atoms with Crippen LogP contribution < -0.4 is 0 Å². The minimum absolute atomic E-state index is 0.0779. The molecule has 1 nitrogen and oxygen atoms in total. The van der Waals surface area contributed by atoms with Gasteiger partial charge in [0.15, 0.2) is 0 Å². The number of halogens is 3. The quantitative estimate of drug-likeness (QED) is 0.651. The van der Waals surface area contributed by atoms with Gasteiger partial charge in [0, 0.05) is 19.3 Å². The summed E-state index contributed by atoms with van der Waals surface area (Å²) < 4.78 is 38.0. The third-order valence-corrected chi connectivity index (χ3v) is 2.40. The second-order valence-corrected chi connectivity index (χ2v) is 3.57. The van der Waals surface area contributed by atoms with Crippen molar-refractivity contribution in [1.82, 2.24) is 4.90 Å². The van der Waals surface area contributed by atoms with Crippen molar-refractivity contribution in [2.75, 3.05) is 13.6 Å². The lowest BCUT2D eigenvalue weighted by molar-refractivity contribution is -0.0956. The molecule has 1 aliphatic heterocycles. The van der Waals surface area contributed by atoms with E-state index in [-0.39, 0.29) is 12.1 Å². The molecule has 0 fully saturated rings. The van der Waals surface area contributed by atoms with Crippen LogP contribution in [-0.4, -0.2) is 24.7 Å². The fourth-order valence-electron chi connectivity index (χ4n) is 1.46. The molecule has 0 aromatic heterocycles. The molecule has 0 aliphatic carbocycles. The third kappa shape index (κ3) is 2.64. The van der Waals surface area contributed by atoms with E-state index in [1.165, 1.54) is 6.08 Å². The first-order valence-corrected chi connectivity index (χ1v) is 4.68. The Morgan fingerprint density at radius 1 is 1.40 bits per heavy atom. The Hall–Kier alpha value is -1.19. The predicted octanol–water partition coefficient (Wildman–Crippen LogP) is 3.27. The third-order valence-electron chi connectivity index (χ3n) is 2.40. The van der Waals surface area contributed by atoms with Crippen LogP contribution in [0.25, 0.3) is 0 Å². The minimum atomic E-state index is -4.25. The topological polar surface area (TPSA) is 3.24 Å². The van der Waals surface area contributed by atoms with E-state index in [2.05, 4.69) is 0 Å². The highest BCUT2D eigenvalue weighted by Gasteiger charge is 2.37. The van der Waals surface area contributed by atoms with E-state index in [1.807, 2.05) is 0 Å². The molecule has 0 radical (unpaired) electrons. The van der Waals surface area contributed by atoms with Crippen LogP contribution in [0, 0.1) is 0 Å². The monoisotopic (exact) mass is 217 g/mol. The van der Waals surface area contributed by atoms with Crippen LogP contribution in [0.15, 0.2) is 35.1 Å². The Morgan fingerprint density at radius 2 is 2.00 bits per heavy atom. The molecule has 0 N–H and O–H groups in total. The van der Waals surface area contributed by atoms with Gasteiger partial charge in [0.2, 0.25) is 0 Å². The molecule has 1 aliphatic rings. The fourth-order valence-corrected chi connectivity index (χ4v) is 1.46. The maximum absolute atomic E-state index is 12.7. The number of hydrogen-bond donors (Lipinski definition) is 0. The van der Waals surface area contributed by atoms with E-state index in [0.717, 1.165) is 5.70 Å². The zero-order valence-corrected chi connectivity index (χ0v) is 9.02. The molecule has 0 bridgehead atoms. The Balaban J connectivity index is 3.20. The van der Waals surface area contributed by atoms with Crippen LogP contribution in [0.5, 0.6) is 0 Å². The average molecular weight is 217 g/mol. The fraction of sp³-hybridized carbons (Fsp3) is 0.455. The van der Waals surface area contributed by atoms with Crippen LogP contribution in [0.4, 0.5) is 13.2 Å². The smallest absolute Gasteiger partial charge is 0.374 e. The Labute approximate surface area is 87.6 Å². The van der Waals surface area contributed by atoms with Crippen LogP contribution in [0.3, 0.4) is 0 Å². The highest BCUT2D eigenvalue weighted by molar-refractivity contribution is 5.42. The van der Waals surface area contributed by atoms with E-state index < -0.39 is 11.7 Å². The molecule has 0 unspecified atom stereocenters. The molecule has 15 heavy (non-hydrogen) atoms. The van der Waals surface area contributed by atoms with Crippen molar-refractivity contribution in [3.05, 3.63) is 35.1 Å². The van der Waals surface area contributed by atoms with Gasteiger partial charge in [0.25, 0.3) is 0 Å². The molecule has 0 aromatic carbocycles. The van der Waals surface area contributed by atoms with E-state index in [0.29, 0.717) is 0 Å². The molecule has 84 valence electrons. The first kappa shape index (κ1) is 11.9. The van der Waals surface area contributed by atoms with Crippen molar-refractivity contribution >= 4 is 0 Å². The molecule has 0 aromatic rings. The molecule has 1 heterocycles. The van der Waals surface area contributed by atoms with Gasteiger partial charge >= 0.3 is 6.18 Å². The molecule has 0 spiro atoms. The van der Waals surface area contributed by atoms with Crippen LogP contribution in [0.1, 0.15) is 13.8 Å². The van der Waals surface area contributed by atoms with Gasteiger partial charge in [-0.15, -0.1) is 0 Å². The van der Waals surface area contributed by atoms with Crippen LogP contribution >= 0.6 is 0 Å². The number of hydrogen-bond acceptors (Lipinski definition) is 1. The second kappa shape index (κ2) is 4.13. The maximum atomic E-state index is 12.7. The standard InChI is InChI=1S/C11H14F3N/c1-4-5-9-6-8(2)15(3)7-10(9)11(12,13)14/h4-6H,7H2,1-3H3/b5-4+. The average Bonchev–Trinajstić information content (AvgIpc) is 2.09. The number of alkyl halides is 3. The summed E-state index contributed by atoms with van der Waals surface area (Å²) in [5.74, 6) is 0. The summed E-state index contributed by atoms with van der Waals surface area (Å²) in [6.45, 7) is 3.44. The zero-order chi connectivity index (χ0) is 11.6. The molecular formula is C11H14F3N. The highest BCUT2D eigenvalue weighted by atomic mass is 19.4. The van der Waals surface area contributed by atoms with E-state index >= 15 is 0 Å². The summed E-state index contributed by atoms with van der Waals surface area (Å²) in [5.41, 5.74) is 0.630. The second-order valence-electron chi connectivity index (χ2n) is 3.57. The largest absolute Gasteiger partial charge is 0.414 e. The number of likely N-dealkylation sites (N-methyl/N-ethyl adjacent to an activating group) is 1. The van der Waals surface area contributed by atoms with Gasteiger partial charge in [0.1, 0.15) is 0 Å². The van der Waals surface area contributed by atoms with Crippen molar-refractivity contribution < 1.29 is 13.2 Å². The van der Waals surface area contributed by atoms with E-state index in [9.17, 15) is 13.2 Å². The van der Waals surface area contributed by atoms with Crippen molar-refractivity contribution in [3.63, 3.8) is 0 Å². The van der Waals surface area contributed by atoms with Crippen molar-refractivity contribution in [3.8, 4) is 0 Å². The summed E-state index contributed by atoms with van der Waals surface area (Å²) in [7, 11) is 1.66. The molecular weight excluding hydrogens is 203 g/mol. The summed E-state index contributed by atoms with van der Waals surface area (Å²) in [6.07, 6.45) is 0.433. The molecule has 4 heteroatoms. The molecule has 1 rings (SSSR count). The lowest BCUT2D eigenvalue weighted by Crippen LogP contribution is -2.30. The van der Waals surface area contributed by atoms with Gasteiger partial charge < -0.3 is 4.90 Å². The van der Waals surface area contributed by atoms with E-state index in [4.69, 9.17) is 0 Å². The molecule has 0 amide bonds. The number of nitrogens with zero attached hydrogens (tertiary/aromatic N) is 1. The van der Waals surface area contributed by atoms with Gasteiger partial charge in [-0.05, 0) is 25.5 Å². The summed E-state index contributed by atoms with van der Waals surface area (Å²) in [5, 5.41) is 0. The maximum Gasteiger partial charge on any atom is 0.414 e. The molecule has 0 saturated heterocycles. The lowest BCUT2D eigenvalue weighted by atomic mass is 10.0. The van der Waals surface area contributed by atoms with Gasteiger partial charge in [-0.25, -0.2) is 0 Å². The Kier molecular flexibility index (Phi) is 3.27. The summed E-state index contributed by atoms with van der Waals surface area (Å²) >= 11 is 0. The molecule has 0 atom stereocenters. The normalized spacial score (nSPS) is 18.8. The van der Waals surface area contributed by atoms with E-state index in [1.54, 1.807) is 37.9 Å². The summed E-state index contributed by atoms with van der Waals surface area (Å²) in [6, 6.07) is 0. The minimum Gasteiger partial charge on any atom is -0.374 e. The van der Waals surface area contributed by atoms with Crippen molar-refractivity contribution in [1.29, 1.82) is 0 Å². The van der Waals surface area contributed by atoms with Gasteiger partial charge in [0.05, 0.1) is 5.57 Å².